The Morgan fingerprint density at radius 2 is 1.80 bits per heavy atom. The van der Waals surface area contributed by atoms with E-state index in [-0.39, 0.29) is 0 Å². The molecular formula is C18H18BrN. The fraction of sp³-hybridized carbons (Fsp3) is 0.333. The Morgan fingerprint density at radius 3 is 2.55 bits per heavy atom. The van der Waals surface area contributed by atoms with Crippen LogP contribution in [0.15, 0.2) is 59.1 Å². The summed E-state index contributed by atoms with van der Waals surface area (Å²) in [5, 5.41) is 0. The number of rotatable bonds is 3. The molecular weight excluding hydrogens is 310 g/mol. The molecule has 2 fully saturated rings. The molecule has 1 saturated heterocycles. The van der Waals surface area contributed by atoms with Crippen LogP contribution in [0, 0.1) is 5.92 Å². The van der Waals surface area contributed by atoms with Crippen molar-refractivity contribution >= 4 is 15.9 Å². The van der Waals surface area contributed by atoms with E-state index >= 15 is 0 Å². The Labute approximate surface area is 128 Å². The van der Waals surface area contributed by atoms with Crippen LogP contribution in [0.5, 0.6) is 0 Å². The van der Waals surface area contributed by atoms with Crippen molar-refractivity contribution in [1.82, 2.24) is 4.90 Å². The number of hydrogen-bond donors (Lipinski definition) is 0. The summed E-state index contributed by atoms with van der Waals surface area (Å²) < 4.78 is 1.17. The van der Waals surface area contributed by atoms with Crippen molar-refractivity contribution in [3.8, 4) is 0 Å². The number of likely N-dealkylation sites (tertiary alicyclic amines) is 1. The third kappa shape index (κ3) is 2.11. The minimum absolute atomic E-state index is 0.454. The molecule has 0 amide bonds. The van der Waals surface area contributed by atoms with Gasteiger partial charge in [-0.2, -0.15) is 0 Å². The molecule has 2 atom stereocenters. The summed E-state index contributed by atoms with van der Waals surface area (Å²) in [5.41, 5.74) is 3.41. The van der Waals surface area contributed by atoms with E-state index in [9.17, 15) is 0 Å². The summed E-state index contributed by atoms with van der Waals surface area (Å²) in [7, 11) is 0. The molecule has 0 radical (unpaired) electrons. The van der Waals surface area contributed by atoms with Gasteiger partial charge in [0.2, 0.25) is 0 Å². The van der Waals surface area contributed by atoms with E-state index in [0.717, 1.165) is 12.5 Å². The SMILES string of the molecule is Brc1ccc(C23CC2CN(Cc2ccccc2)C3)cc1. The lowest BCUT2D eigenvalue weighted by atomic mass is 9.95. The number of benzene rings is 2. The molecule has 0 N–H and O–H groups in total. The maximum atomic E-state index is 3.53. The highest BCUT2D eigenvalue weighted by molar-refractivity contribution is 9.10. The largest absolute Gasteiger partial charge is 0.298 e. The van der Waals surface area contributed by atoms with Crippen molar-refractivity contribution in [2.75, 3.05) is 13.1 Å². The normalized spacial score (nSPS) is 28.4. The van der Waals surface area contributed by atoms with Crippen LogP contribution in [-0.2, 0) is 12.0 Å². The van der Waals surface area contributed by atoms with Crippen LogP contribution in [0.1, 0.15) is 17.5 Å². The summed E-state index contributed by atoms with van der Waals surface area (Å²) >= 11 is 3.53. The second kappa shape index (κ2) is 4.71. The second-order valence-corrected chi connectivity index (χ2v) is 7.13. The van der Waals surface area contributed by atoms with Crippen LogP contribution >= 0.6 is 15.9 Å². The van der Waals surface area contributed by atoms with Gasteiger partial charge in [0.25, 0.3) is 0 Å². The van der Waals surface area contributed by atoms with Crippen LogP contribution in [-0.4, -0.2) is 18.0 Å². The van der Waals surface area contributed by atoms with Gasteiger partial charge in [-0.3, -0.25) is 4.90 Å². The Bertz CT molecular complexity index is 607. The van der Waals surface area contributed by atoms with Crippen molar-refractivity contribution in [3.05, 3.63) is 70.2 Å². The monoisotopic (exact) mass is 327 g/mol. The third-order valence-corrected chi connectivity index (χ3v) is 5.41. The van der Waals surface area contributed by atoms with Crippen LogP contribution in [0.25, 0.3) is 0 Å². The van der Waals surface area contributed by atoms with Crippen LogP contribution in [0.3, 0.4) is 0 Å². The van der Waals surface area contributed by atoms with Crippen molar-refractivity contribution in [1.29, 1.82) is 0 Å². The fourth-order valence-corrected chi connectivity index (χ4v) is 4.04. The maximum Gasteiger partial charge on any atom is 0.0234 e. The molecule has 102 valence electrons. The molecule has 1 aliphatic heterocycles. The van der Waals surface area contributed by atoms with Crippen molar-refractivity contribution < 1.29 is 0 Å². The standard InChI is InChI=1S/C18H18BrN/c19-17-8-6-15(7-9-17)18-10-16(18)12-20(13-18)11-14-4-2-1-3-5-14/h1-9,16H,10-13H2. The molecule has 0 aromatic heterocycles. The first-order chi connectivity index (χ1) is 9.76. The summed E-state index contributed by atoms with van der Waals surface area (Å²) in [6.07, 6.45) is 1.37. The number of halogens is 1. The minimum atomic E-state index is 0.454. The zero-order chi connectivity index (χ0) is 13.6. The predicted octanol–water partition coefficient (Wildman–Crippen LogP) is 4.22. The zero-order valence-electron chi connectivity index (χ0n) is 11.4. The molecule has 1 aliphatic carbocycles. The van der Waals surface area contributed by atoms with Crippen LogP contribution in [0.2, 0.25) is 0 Å². The highest BCUT2D eigenvalue weighted by Crippen LogP contribution is 2.59. The number of hydrogen-bond acceptors (Lipinski definition) is 1. The molecule has 1 saturated carbocycles. The maximum absolute atomic E-state index is 3.53. The molecule has 4 rings (SSSR count). The summed E-state index contributed by atoms with van der Waals surface area (Å²) in [5.74, 6) is 0.868. The van der Waals surface area contributed by atoms with Gasteiger partial charge in [0.05, 0.1) is 0 Å². The molecule has 2 aliphatic rings. The fourth-order valence-electron chi connectivity index (χ4n) is 3.78. The van der Waals surface area contributed by atoms with E-state index in [4.69, 9.17) is 0 Å². The van der Waals surface area contributed by atoms with Crippen LogP contribution in [0.4, 0.5) is 0 Å². The van der Waals surface area contributed by atoms with Gasteiger partial charge in [-0.15, -0.1) is 0 Å². The summed E-state index contributed by atoms with van der Waals surface area (Å²) in [6.45, 7) is 3.56. The Morgan fingerprint density at radius 1 is 1.05 bits per heavy atom. The molecule has 0 spiro atoms. The van der Waals surface area contributed by atoms with Crippen molar-refractivity contribution in [2.45, 2.75) is 18.4 Å². The minimum Gasteiger partial charge on any atom is -0.298 e. The first kappa shape index (κ1) is 12.6. The molecule has 20 heavy (non-hydrogen) atoms. The van der Waals surface area contributed by atoms with E-state index in [2.05, 4.69) is 75.4 Å². The molecule has 1 heterocycles. The Hall–Kier alpha value is -1.12. The smallest absolute Gasteiger partial charge is 0.0234 e. The van der Waals surface area contributed by atoms with E-state index < -0.39 is 0 Å². The van der Waals surface area contributed by atoms with Gasteiger partial charge in [0, 0.05) is 29.5 Å². The number of nitrogens with zero attached hydrogens (tertiary/aromatic N) is 1. The average molecular weight is 328 g/mol. The molecule has 2 unspecified atom stereocenters. The summed E-state index contributed by atoms with van der Waals surface area (Å²) in [4.78, 5) is 2.62. The number of fused-ring (bicyclic) bond motifs is 1. The number of piperidine rings is 1. The zero-order valence-corrected chi connectivity index (χ0v) is 13.0. The van der Waals surface area contributed by atoms with Crippen molar-refractivity contribution in [2.24, 2.45) is 5.92 Å². The second-order valence-electron chi connectivity index (χ2n) is 6.22. The van der Waals surface area contributed by atoms with E-state index in [1.54, 1.807) is 0 Å². The van der Waals surface area contributed by atoms with Gasteiger partial charge in [-0.1, -0.05) is 58.4 Å². The topological polar surface area (TPSA) is 3.24 Å². The molecule has 0 bridgehead atoms. The predicted molar refractivity (Wildman–Crippen MR) is 85.6 cm³/mol. The lowest BCUT2D eigenvalue weighted by molar-refractivity contribution is 0.290. The lowest BCUT2D eigenvalue weighted by Crippen LogP contribution is -2.26. The van der Waals surface area contributed by atoms with E-state index in [0.29, 0.717) is 5.41 Å². The highest BCUT2D eigenvalue weighted by atomic mass is 79.9. The van der Waals surface area contributed by atoms with Gasteiger partial charge < -0.3 is 0 Å². The van der Waals surface area contributed by atoms with E-state index in [1.165, 1.54) is 35.1 Å². The van der Waals surface area contributed by atoms with Gasteiger partial charge in [-0.25, -0.2) is 0 Å². The van der Waals surface area contributed by atoms with Crippen molar-refractivity contribution in [3.63, 3.8) is 0 Å². The molecule has 2 aromatic rings. The average Bonchev–Trinajstić information content (AvgIpc) is 3.04. The van der Waals surface area contributed by atoms with Gasteiger partial charge in [0.15, 0.2) is 0 Å². The lowest BCUT2D eigenvalue weighted by Gasteiger charge is -2.21. The van der Waals surface area contributed by atoms with Gasteiger partial charge in [0.1, 0.15) is 0 Å². The Balaban J connectivity index is 1.50. The Kier molecular flexibility index (Phi) is 2.97. The van der Waals surface area contributed by atoms with Crippen LogP contribution < -0.4 is 0 Å². The quantitative estimate of drug-likeness (QED) is 0.815. The van der Waals surface area contributed by atoms with Gasteiger partial charge >= 0.3 is 0 Å². The molecule has 1 nitrogen and oxygen atoms in total. The highest BCUT2D eigenvalue weighted by Gasteiger charge is 2.60. The first-order valence-electron chi connectivity index (χ1n) is 7.29. The summed E-state index contributed by atoms with van der Waals surface area (Å²) in [6, 6.07) is 19.8. The molecule has 2 heteroatoms. The molecule has 2 aromatic carbocycles. The van der Waals surface area contributed by atoms with Gasteiger partial charge in [-0.05, 0) is 35.6 Å². The first-order valence-corrected chi connectivity index (χ1v) is 8.08. The third-order valence-electron chi connectivity index (χ3n) is 4.88. The van der Waals surface area contributed by atoms with E-state index in [1.807, 2.05) is 0 Å².